The molecule has 112 valence electrons. The molecule has 0 saturated carbocycles. The number of aryl methyl sites for hydroxylation is 1. The minimum Gasteiger partial charge on any atom is -0.336 e. The summed E-state index contributed by atoms with van der Waals surface area (Å²) in [6.07, 6.45) is 3.63. The molecule has 0 saturated heterocycles. The quantitative estimate of drug-likeness (QED) is 0.918. The SMILES string of the molecule is CCN(CC)C(=O)NC(c1ccccc1)c1nccn1C. The molecule has 0 aliphatic rings. The molecule has 0 spiro atoms. The summed E-state index contributed by atoms with van der Waals surface area (Å²) < 4.78 is 1.93. The highest BCUT2D eigenvalue weighted by molar-refractivity contribution is 5.75. The van der Waals surface area contributed by atoms with Crippen molar-refractivity contribution in [3.63, 3.8) is 0 Å². The van der Waals surface area contributed by atoms with E-state index in [2.05, 4.69) is 10.3 Å². The summed E-state index contributed by atoms with van der Waals surface area (Å²) in [5.74, 6) is 0.821. The Labute approximate surface area is 125 Å². The van der Waals surface area contributed by atoms with Crippen molar-refractivity contribution in [2.75, 3.05) is 13.1 Å². The van der Waals surface area contributed by atoms with Crippen LogP contribution in [0.15, 0.2) is 42.7 Å². The molecule has 0 radical (unpaired) electrons. The molecule has 0 fully saturated rings. The third-order valence-electron chi connectivity index (χ3n) is 3.57. The van der Waals surface area contributed by atoms with E-state index < -0.39 is 0 Å². The van der Waals surface area contributed by atoms with Crippen LogP contribution in [0.2, 0.25) is 0 Å². The summed E-state index contributed by atoms with van der Waals surface area (Å²) in [5.41, 5.74) is 1.02. The number of urea groups is 1. The maximum absolute atomic E-state index is 12.4. The zero-order chi connectivity index (χ0) is 15.2. The van der Waals surface area contributed by atoms with E-state index in [1.807, 2.05) is 62.0 Å². The van der Waals surface area contributed by atoms with E-state index >= 15 is 0 Å². The fourth-order valence-corrected chi connectivity index (χ4v) is 2.32. The van der Waals surface area contributed by atoms with Gasteiger partial charge in [-0.1, -0.05) is 30.3 Å². The Balaban J connectivity index is 2.30. The minimum atomic E-state index is -0.251. The Bertz CT molecular complexity index is 575. The maximum Gasteiger partial charge on any atom is 0.318 e. The molecule has 2 aromatic rings. The molecule has 2 rings (SSSR count). The highest BCUT2D eigenvalue weighted by Crippen LogP contribution is 2.20. The molecule has 0 bridgehead atoms. The molecule has 5 heteroatoms. The molecule has 1 aromatic heterocycles. The van der Waals surface area contributed by atoms with Gasteiger partial charge in [-0.25, -0.2) is 9.78 Å². The average molecular weight is 286 g/mol. The molecule has 0 aliphatic heterocycles. The van der Waals surface area contributed by atoms with E-state index in [9.17, 15) is 4.79 Å². The average Bonchev–Trinajstić information content (AvgIpc) is 2.93. The summed E-state index contributed by atoms with van der Waals surface area (Å²) in [6.45, 7) is 5.32. The van der Waals surface area contributed by atoms with Crippen molar-refractivity contribution in [2.24, 2.45) is 7.05 Å². The Morgan fingerprint density at radius 1 is 1.29 bits per heavy atom. The van der Waals surface area contributed by atoms with Gasteiger partial charge >= 0.3 is 6.03 Å². The van der Waals surface area contributed by atoms with Gasteiger partial charge in [0.2, 0.25) is 0 Å². The number of hydrogen-bond donors (Lipinski definition) is 1. The van der Waals surface area contributed by atoms with E-state index in [1.54, 1.807) is 11.1 Å². The Hall–Kier alpha value is -2.30. The van der Waals surface area contributed by atoms with Crippen LogP contribution < -0.4 is 5.32 Å². The molecule has 21 heavy (non-hydrogen) atoms. The number of aromatic nitrogens is 2. The van der Waals surface area contributed by atoms with Gasteiger partial charge in [-0.05, 0) is 19.4 Å². The van der Waals surface area contributed by atoms with Gasteiger partial charge in [-0.2, -0.15) is 0 Å². The first-order valence-electron chi connectivity index (χ1n) is 7.25. The van der Waals surface area contributed by atoms with Gasteiger partial charge in [0.05, 0.1) is 0 Å². The van der Waals surface area contributed by atoms with Crippen LogP contribution in [0.25, 0.3) is 0 Å². The normalized spacial score (nSPS) is 12.0. The number of hydrogen-bond acceptors (Lipinski definition) is 2. The van der Waals surface area contributed by atoms with Crippen molar-refractivity contribution < 1.29 is 4.79 Å². The Morgan fingerprint density at radius 3 is 2.48 bits per heavy atom. The van der Waals surface area contributed by atoms with E-state index in [1.165, 1.54) is 0 Å². The van der Waals surface area contributed by atoms with E-state index in [0.29, 0.717) is 13.1 Å². The lowest BCUT2D eigenvalue weighted by Gasteiger charge is -2.24. The van der Waals surface area contributed by atoms with Gasteiger partial charge in [-0.3, -0.25) is 0 Å². The van der Waals surface area contributed by atoms with E-state index in [0.717, 1.165) is 11.4 Å². The second-order valence-electron chi connectivity index (χ2n) is 4.86. The second-order valence-corrected chi connectivity index (χ2v) is 4.86. The van der Waals surface area contributed by atoms with Crippen LogP contribution in [-0.2, 0) is 7.05 Å². The zero-order valence-corrected chi connectivity index (χ0v) is 12.8. The number of rotatable bonds is 5. The largest absolute Gasteiger partial charge is 0.336 e. The van der Waals surface area contributed by atoms with Gasteiger partial charge in [-0.15, -0.1) is 0 Å². The first kappa shape index (κ1) is 15.1. The predicted octanol–water partition coefficient (Wildman–Crippen LogP) is 2.56. The molecule has 5 nitrogen and oxygen atoms in total. The molecule has 1 unspecified atom stereocenters. The van der Waals surface area contributed by atoms with Crippen LogP contribution in [0.4, 0.5) is 4.79 Å². The van der Waals surface area contributed by atoms with Gasteiger partial charge < -0.3 is 14.8 Å². The van der Waals surface area contributed by atoms with Gasteiger partial charge in [0.15, 0.2) is 0 Å². The van der Waals surface area contributed by atoms with Crippen molar-refractivity contribution in [1.82, 2.24) is 19.8 Å². The predicted molar refractivity (Wildman–Crippen MR) is 82.9 cm³/mol. The summed E-state index contributed by atoms with van der Waals surface area (Å²) in [6, 6.07) is 9.58. The van der Waals surface area contributed by atoms with Crippen molar-refractivity contribution in [3.8, 4) is 0 Å². The molecule has 1 atom stereocenters. The lowest BCUT2D eigenvalue weighted by Crippen LogP contribution is -2.42. The summed E-state index contributed by atoms with van der Waals surface area (Å²) >= 11 is 0. The monoisotopic (exact) mass is 286 g/mol. The van der Waals surface area contributed by atoms with Crippen LogP contribution in [0.3, 0.4) is 0 Å². The number of carbonyl (C=O) groups excluding carboxylic acids is 1. The topological polar surface area (TPSA) is 50.2 Å². The Morgan fingerprint density at radius 2 is 1.95 bits per heavy atom. The van der Waals surface area contributed by atoms with Gasteiger partial charge in [0.1, 0.15) is 11.9 Å². The Kier molecular flexibility index (Phi) is 4.98. The third kappa shape index (κ3) is 3.42. The lowest BCUT2D eigenvalue weighted by molar-refractivity contribution is 0.200. The van der Waals surface area contributed by atoms with Crippen LogP contribution in [0.1, 0.15) is 31.3 Å². The van der Waals surface area contributed by atoms with Crippen molar-refractivity contribution in [2.45, 2.75) is 19.9 Å². The van der Waals surface area contributed by atoms with E-state index in [-0.39, 0.29) is 12.1 Å². The van der Waals surface area contributed by atoms with Crippen LogP contribution in [0.5, 0.6) is 0 Å². The maximum atomic E-state index is 12.4. The number of amides is 2. The molecule has 1 heterocycles. The van der Waals surface area contributed by atoms with Crippen LogP contribution >= 0.6 is 0 Å². The third-order valence-corrected chi connectivity index (χ3v) is 3.57. The fraction of sp³-hybridized carbons (Fsp3) is 0.375. The first-order valence-corrected chi connectivity index (χ1v) is 7.25. The fourth-order valence-electron chi connectivity index (χ4n) is 2.32. The number of nitrogens with one attached hydrogen (secondary N) is 1. The smallest absolute Gasteiger partial charge is 0.318 e. The summed E-state index contributed by atoms with van der Waals surface area (Å²) in [4.78, 5) is 18.5. The van der Waals surface area contributed by atoms with Gasteiger partial charge in [0, 0.05) is 32.5 Å². The van der Waals surface area contributed by atoms with Crippen molar-refractivity contribution in [3.05, 3.63) is 54.1 Å². The standard InChI is InChI=1S/C16H22N4O/c1-4-20(5-2)16(21)18-14(13-9-7-6-8-10-13)15-17-11-12-19(15)3/h6-12,14H,4-5H2,1-3H3,(H,18,21). The summed E-state index contributed by atoms with van der Waals surface area (Å²) in [7, 11) is 1.93. The second kappa shape index (κ2) is 6.92. The highest BCUT2D eigenvalue weighted by atomic mass is 16.2. The van der Waals surface area contributed by atoms with E-state index in [4.69, 9.17) is 0 Å². The van der Waals surface area contributed by atoms with Crippen molar-refractivity contribution in [1.29, 1.82) is 0 Å². The first-order chi connectivity index (χ1) is 10.2. The van der Waals surface area contributed by atoms with Crippen molar-refractivity contribution >= 4 is 6.03 Å². The molecule has 2 amide bonds. The molecule has 1 N–H and O–H groups in total. The molecular formula is C16H22N4O. The number of benzene rings is 1. The minimum absolute atomic E-state index is 0.0724. The van der Waals surface area contributed by atoms with Gasteiger partial charge in [0.25, 0.3) is 0 Å². The highest BCUT2D eigenvalue weighted by Gasteiger charge is 2.22. The van der Waals surface area contributed by atoms with Crippen LogP contribution in [-0.4, -0.2) is 33.6 Å². The van der Waals surface area contributed by atoms with Crippen LogP contribution in [0, 0.1) is 0 Å². The lowest BCUT2D eigenvalue weighted by atomic mass is 10.1. The summed E-state index contributed by atoms with van der Waals surface area (Å²) in [5, 5.41) is 3.08. The number of carbonyl (C=O) groups is 1. The molecule has 1 aromatic carbocycles. The number of imidazole rings is 1. The molecular weight excluding hydrogens is 264 g/mol. The number of nitrogens with zero attached hydrogens (tertiary/aromatic N) is 3. The zero-order valence-electron chi connectivity index (χ0n) is 12.8. The molecule has 0 aliphatic carbocycles.